The molecule has 1 aliphatic carbocycles. The minimum Gasteiger partial charge on any atom is -0.347 e. The summed E-state index contributed by atoms with van der Waals surface area (Å²) in [6.07, 6.45) is 5.37. The zero-order chi connectivity index (χ0) is 13.3. The van der Waals surface area contributed by atoms with E-state index < -0.39 is 0 Å². The van der Waals surface area contributed by atoms with Crippen molar-refractivity contribution < 1.29 is 4.79 Å². The van der Waals surface area contributed by atoms with Gasteiger partial charge in [-0.3, -0.25) is 4.79 Å². The predicted molar refractivity (Wildman–Crippen MR) is 76.4 cm³/mol. The molecule has 102 valence electrons. The first-order valence-corrected chi connectivity index (χ1v) is 7.32. The minimum atomic E-state index is -0.0519. The van der Waals surface area contributed by atoms with Gasteiger partial charge in [-0.1, -0.05) is 12.1 Å². The second-order valence-corrected chi connectivity index (χ2v) is 6.06. The maximum atomic E-state index is 12.5. The molecule has 1 heterocycles. The molecule has 1 fully saturated rings. The van der Waals surface area contributed by atoms with Gasteiger partial charge in [0.2, 0.25) is 0 Å². The van der Waals surface area contributed by atoms with Crippen LogP contribution in [0, 0.1) is 0 Å². The van der Waals surface area contributed by atoms with E-state index in [-0.39, 0.29) is 11.4 Å². The summed E-state index contributed by atoms with van der Waals surface area (Å²) in [7, 11) is 0. The number of rotatable bonds is 2. The van der Waals surface area contributed by atoms with Crippen LogP contribution in [0.2, 0.25) is 0 Å². The highest BCUT2D eigenvalue weighted by atomic mass is 16.1. The highest BCUT2D eigenvalue weighted by molar-refractivity contribution is 5.96. The van der Waals surface area contributed by atoms with E-state index in [0.717, 1.165) is 44.3 Å². The van der Waals surface area contributed by atoms with Gasteiger partial charge in [0, 0.05) is 11.1 Å². The van der Waals surface area contributed by atoms with Gasteiger partial charge in [-0.05, 0) is 69.3 Å². The molecule has 0 spiro atoms. The Morgan fingerprint density at radius 2 is 2.05 bits per heavy atom. The average molecular weight is 258 g/mol. The second kappa shape index (κ2) is 4.97. The molecule has 1 saturated heterocycles. The topological polar surface area (TPSA) is 41.1 Å². The van der Waals surface area contributed by atoms with Crippen molar-refractivity contribution in [1.82, 2.24) is 10.6 Å². The third kappa shape index (κ3) is 2.52. The minimum absolute atomic E-state index is 0.0519. The number of aryl methyl sites for hydroxylation is 1. The Morgan fingerprint density at radius 1 is 1.26 bits per heavy atom. The van der Waals surface area contributed by atoms with Crippen molar-refractivity contribution in [2.24, 2.45) is 0 Å². The predicted octanol–water partition coefficient (Wildman–Crippen LogP) is 2.05. The Balaban J connectivity index is 1.79. The van der Waals surface area contributed by atoms with Crippen molar-refractivity contribution in [3.05, 3.63) is 34.9 Å². The SMILES string of the molecule is CC1(NC(=O)c2cccc3c2CCC3)CCNCC1. The lowest BCUT2D eigenvalue weighted by atomic mass is 9.90. The molecular weight excluding hydrogens is 236 g/mol. The largest absolute Gasteiger partial charge is 0.347 e. The number of hydrogen-bond acceptors (Lipinski definition) is 2. The lowest BCUT2D eigenvalue weighted by Crippen LogP contribution is -2.52. The Labute approximate surface area is 114 Å². The number of nitrogens with one attached hydrogen (secondary N) is 2. The van der Waals surface area contributed by atoms with Gasteiger partial charge in [0.1, 0.15) is 0 Å². The molecule has 1 aromatic carbocycles. The van der Waals surface area contributed by atoms with Crippen molar-refractivity contribution in [3.63, 3.8) is 0 Å². The molecule has 0 atom stereocenters. The highest BCUT2D eigenvalue weighted by Gasteiger charge is 2.29. The second-order valence-electron chi connectivity index (χ2n) is 6.06. The summed E-state index contributed by atoms with van der Waals surface area (Å²) in [5.74, 6) is 0.114. The smallest absolute Gasteiger partial charge is 0.251 e. The van der Waals surface area contributed by atoms with E-state index in [2.05, 4.69) is 23.6 Å². The van der Waals surface area contributed by atoms with Crippen LogP contribution < -0.4 is 10.6 Å². The molecule has 19 heavy (non-hydrogen) atoms. The first-order chi connectivity index (χ1) is 9.18. The fraction of sp³-hybridized carbons (Fsp3) is 0.562. The molecule has 2 N–H and O–H groups in total. The first kappa shape index (κ1) is 12.7. The van der Waals surface area contributed by atoms with Crippen LogP contribution in [0.4, 0.5) is 0 Å². The van der Waals surface area contributed by atoms with Crippen LogP contribution in [0.25, 0.3) is 0 Å². The number of piperidine rings is 1. The molecule has 3 heteroatoms. The quantitative estimate of drug-likeness (QED) is 0.852. The lowest BCUT2D eigenvalue weighted by molar-refractivity contribution is 0.0886. The number of fused-ring (bicyclic) bond motifs is 1. The molecule has 3 nitrogen and oxygen atoms in total. The van der Waals surface area contributed by atoms with Crippen LogP contribution in [0.3, 0.4) is 0 Å². The van der Waals surface area contributed by atoms with Gasteiger partial charge >= 0.3 is 0 Å². The van der Waals surface area contributed by atoms with E-state index in [0.29, 0.717) is 0 Å². The zero-order valence-corrected chi connectivity index (χ0v) is 11.6. The normalized spacial score (nSPS) is 20.9. The molecule has 1 amide bonds. The molecule has 0 unspecified atom stereocenters. The maximum Gasteiger partial charge on any atom is 0.251 e. The number of carbonyl (C=O) groups is 1. The van der Waals surface area contributed by atoms with Crippen molar-refractivity contribution in [1.29, 1.82) is 0 Å². The van der Waals surface area contributed by atoms with Crippen molar-refractivity contribution in [3.8, 4) is 0 Å². The van der Waals surface area contributed by atoms with Crippen molar-refractivity contribution in [2.45, 2.75) is 44.6 Å². The number of hydrogen-bond donors (Lipinski definition) is 2. The molecule has 0 saturated carbocycles. The summed E-state index contributed by atoms with van der Waals surface area (Å²) in [4.78, 5) is 12.5. The Kier molecular flexibility index (Phi) is 3.31. The van der Waals surface area contributed by atoms with Gasteiger partial charge in [0.15, 0.2) is 0 Å². The Hall–Kier alpha value is -1.35. The van der Waals surface area contributed by atoms with Gasteiger partial charge in [0.05, 0.1) is 0 Å². The van der Waals surface area contributed by atoms with E-state index in [1.807, 2.05) is 12.1 Å². The van der Waals surface area contributed by atoms with Crippen LogP contribution >= 0.6 is 0 Å². The van der Waals surface area contributed by atoms with Gasteiger partial charge < -0.3 is 10.6 Å². The summed E-state index contributed by atoms with van der Waals surface area (Å²) in [5, 5.41) is 6.61. The van der Waals surface area contributed by atoms with Crippen LogP contribution in [-0.4, -0.2) is 24.5 Å². The van der Waals surface area contributed by atoms with Crippen LogP contribution in [0.1, 0.15) is 47.7 Å². The van der Waals surface area contributed by atoms with Crippen molar-refractivity contribution >= 4 is 5.91 Å². The van der Waals surface area contributed by atoms with E-state index in [1.54, 1.807) is 0 Å². The Morgan fingerprint density at radius 3 is 2.84 bits per heavy atom. The number of benzene rings is 1. The summed E-state index contributed by atoms with van der Waals surface area (Å²) >= 11 is 0. The van der Waals surface area contributed by atoms with Gasteiger partial charge in [-0.25, -0.2) is 0 Å². The average Bonchev–Trinajstić information content (AvgIpc) is 2.86. The Bertz CT molecular complexity index is 490. The molecule has 1 aromatic rings. The lowest BCUT2D eigenvalue weighted by Gasteiger charge is -2.35. The molecule has 3 rings (SSSR count). The first-order valence-electron chi connectivity index (χ1n) is 7.32. The van der Waals surface area contributed by atoms with Gasteiger partial charge in [-0.2, -0.15) is 0 Å². The van der Waals surface area contributed by atoms with Gasteiger partial charge in [0.25, 0.3) is 5.91 Å². The summed E-state index contributed by atoms with van der Waals surface area (Å²) in [5.41, 5.74) is 3.49. The fourth-order valence-electron chi connectivity index (χ4n) is 3.28. The van der Waals surface area contributed by atoms with Gasteiger partial charge in [-0.15, -0.1) is 0 Å². The van der Waals surface area contributed by atoms with Crippen LogP contribution in [0.15, 0.2) is 18.2 Å². The van der Waals surface area contributed by atoms with E-state index in [9.17, 15) is 4.79 Å². The summed E-state index contributed by atoms with van der Waals surface area (Å²) in [6.45, 7) is 4.14. The maximum absolute atomic E-state index is 12.5. The monoisotopic (exact) mass is 258 g/mol. The zero-order valence-electron chi connectivity index (χ0n) is 11.6. The standard InChI is InChI=1S/C16H22N2O/c1-16(8-10-17-11-9-16)18-15(19)14-7-3-5-12-4-2-6-13(12)14/h3,5,7,17H,2,4,6,8-11H2,1H3,(H,18,19). The molecule has 2 aliphatic rings. The van der Waals surface area contributed by atoms with E-state index in [1.165, 1.54) is 17.5 Å². The molecule has 1 aliphatic heterocycles. The third-order valence-electron chi connectivity index (χ3n) is 4.51. The molecule has 0 aromatic heterocycles. The van der Waals surface area contributed by atoms with E-state index in [4.69, 9.17) is 0 Å². The molecule has 0 bridgehead atoms. The fourth-order valence-corrected chi connectivity index (χ4v) is 3.28. The molecular formula is C16H22N2O. The van der Waals surface area contributed by atoms with Crippen LogP contribution in [0.5, 0.6) is 0 Å². The summed E-state index contributed by atoms with van der Waals surface area (Å²) in [6, 6.07) is 6.15. The number of amides is 1. The van der Waals surface area contributed by atoms with Crippen LogP contribution in [-0.2, 0) is 12.8 Å². The highest BCUT2D eigenvalue weighted by Crippen LogP contribution is 2.26. The number of carbonyl (C=O) groups excluding carboxylic acids is 1. The summed E-state index contributed by atoms with van der Waals surface area (Å²) < 4.78 is 0. The third-order valence-corrected chi connectivity index (χ3v) is 4.51. The van der Waals surface area contributed by atoms with E-state index >= 15 is 0 Å². The molecule has 0 radical (unpaired) electrons. The van der Waals surface area contributed by atoms with Crippen molar-refractivity contribution in [2.75, 3.05) is 13.1 Å².